The Kier molecular flexibility index (Phi) is 2.96. The van der Waals surface area contributed by atoms with Gasteiger partial charge in [-0.3, -0.25) is 0 Å². The smallest absolute Gasteiger partial charge is 0.172 e. The number of hydrogen-bond acceptors (Lipinski definition) is 3. The lowest BCUT2D eigenvalue weighted by Crippen LogP contribution is -2.46. The molecule has 98 valence electrons. The summed E-state index contributed by atoms with van der Waals surface area (Å²) in [6.45, 7) is 4.30. The van der Waals surface area contributed by atoms with Crippen molar-refractivity contribution in [3.8, 4) is 0 Å². The van der Waals surface area contributed by atoms with Crippen LogP contribution < -0.4 is 0 Å². The average Bonchev–Trinajstić information content (AvgIpc) is 2.56. The van der Waals surface area contributed by atoms with Gasteiger partial charge in [-0.25, -0.2) is 0 Å². The van der Waals surface area contributed by atoms with Gasteiger partial charge in [-0.1, -0.05) is 0 Å². The van der Waals surface area contributed by atoms with E-state index in [9.17, 15) is 0 Å². The Balaban J connectivity index is 1.71. The molecule has 0 aliphatic carbocycles. The predicted molar refractivity (Wildman–Crippen MR) is 64.6 cm³/mol. The molecule has 4 atom stereocenters. The topological polar surface area (TPSA) is 27.7 Å². The minimum absolute atomic E-state index is 0.325. The predicted octanol–water partition coefficient (Wildman–Crippen LogP) is 3.37. The van der Waals surface area contributed by atoms with E-state index >= 15 is 0 Å². The molecule has 3 fully saturated rings. The van der Waals surface area contributed by atoms with Crippen molar-refractivity contribution >= 4 is 0 Å². The van der Waals surface area contributed by atoms with Crippen molar-refractivity contribution < 1.29 is 14.2 Å². The highest BCUT2D eigenvalue weighted by Crippen LogP contribution is 2.49. The summed E-state index contributed by atoms with van der Waals surface area (Å²) in [4.78, 5) is 0. The molecular formula is C14H24O3. The average molecular weight is 240 g/mol. The lowest BCUT2D eigenvalue weighted by atomic mass is 9.96. The zero-order chi connectivity index (χ0) is 11.9. The van der Waals surface area contributed by atoms with Crippen molar-refractivity contribution in [3.05, 3.63) is 0 Å². The second-order valence-corrected chi connectivity index (χ2v) is 6.06. The molecule has 3 aliphatic rings. The lowest BCUT2D eigenvalue weighted by Gasteiger charge is -2.42. The van der Waals surface area contributed by atoms with Crippen molar-refractivity contribution in [1.29, 1.82) is 0 Å². The Hall–Kier alpha value is -0.120. The third-order valence-corrected chi connectivity index (χ3v) is 4.43. The van der Waals surface area contributed by atoms with Crippen molar-refractivity contribution in [1.82, 2.24) is 0 Å². The van der Waals surface area contributed by atoms with Crippen LogP contribution in [-0.2, 0) is 14.2 Å². The maximum atomic E-state index is 6.31. The molecule has 0 saturated carbocycles. The molecule has 0 N–H and O–H groups in total. The monoisotopic (exact) mass is 240 g/mol. The molecule has 0 aromatic carbocycles. The van der Waals surface area contributed by atoms with Gasteiger partial charge in [0.25, 0.3) is 0 Å². The van der Waals surface area contributed by atoms with Crippen molar-refractivity contribution in [2.24, 2.45) is 0 Å². The van der Waals surface area contributed by atoms with Crippen molar-refractivity contribution in [3.63, 3.8) is 0 Å². The highest BCUT2D eigenvalue weighted by atomic mass is 16.8. The zero-order valence-electron chi connectivity index (χ0n) is 11.0. The second kappa shape index (κ2) is 4.22. The Morgan fingerprint density at radius 2 is 1.24 bits per heavy atom. The van der Waals surface area contributed by atoms with Crippen LogP contribution in [0, 0.1) is 0 Å². The van der Waals surface area contributed by atoms with Crippen molar-refractivity contribution in [2.45, 2.75) is 89.0 Å². The van der Waals surface area contributed by atoms with E-state index in [-0.39, 0.29) is 11.6 Å². The van der Waals surface area contributed by atoms with E-state index < -0.39 is 0 Å². The lowest BCUT2D eigenvalue weighted by molar-refractivity contribution is -0.355. The number of ether oxygens (including phenoxy) is 3. The molecule has 0 radical (unpaired) electrons. The van der Waals surface area contributed by atoms with Crippen LogP contribution in [0.15, 0.2) is 0 Å². The summed E-state index contributed by atoms with van der Waals surface area (Å²) in [6, 6.07) is 0. The Bertz CT molecular complexity index is 265. The van der Waals surface area contributed by atoms with Crippen LogP contribution in [-0.4, -0.2) is 23.8 Å². The van der Waals surface area contributed by atoms with E-state index in [0.717, 1.165) is 38.5 Å². The van der Waals surface area contributed by atoms with Gasteiger partial charge >= 0.3 is 0 Å². The third-order valence-electron chi connectivity index (χ3n) is 4.43. The molecule has 3 heterocycles. The molecule has 17 heavy (non-hydrogen) atoms. The Morgan fingerprint density at radius 3 is 1.65 bits per heavy atom. The van der Waals surface area contributed by atoms with Gasteiger partial charge < -0.3 is 14.2 Å². The molecular weight excluding hydrogens is 216 g/mol. The minimum atomic E-state index is -0.325. The van der Waals surface area contributed by atoms with Gasteiger partial charge in [0.05, 0.1) is 12.2 Å². The van der Waals surface area contributed by atoms with Gasteiger partial charge in [0.1, 0.15) is 0 Å². The summed E-state index contributed by atoms with van der Waals surface area (Å²) >= 11 is 0. The van der Waals surface area contributed by atoms with Crippen LogP contribution in [0.4, 0.5) is 0 Å². The van der Waals surface area contributed by atoms with E-state index in [0.29, 0.717) is 12.2 Å². The van der Waals surface area contributed by atoms with Crippen LogP contribution in [0.2, 0.25) is 0 Å². The normalized spacial score (nSPS) is 51.2. The van der Waals surface area contributed by atoms with Gasteiger partial charge in [0.15, 0.2) is 11.6 Å². The zero-order valence-corrected chi connectivity index (χ0v) is 11.0. The van der Waals surface area contributed by atoms with E-state index in [1.54, 1.807) is 0 Å². The van der Waals surface area contributed by atoms with Crippen LogP contribution in [0.1, 0.15) is 65.2 Å². The van der Waals surface area contributed by atoms with Crippen LogP contribution in [0.5, 0.6) is 0 Å². The van der Waals surface area contributed by atoms with Crippen LogP contribution in [0.3, 0.4) is 0 Å². The maximum absolute atomic E-state index is 6.31. The first-order valence-electron chi connectivity index (χ1n) is 7.17. The van der Waals surface area contributed by atoms with E-state index in [2.05, 4.69) is 13.8 Å². The molecule has 0 unspecified atom stereocenters. The largest absolute Gasteiger partial charge is 0.347 e. The highest BCUT2D eigenvalue weighted by molar-refractivity contribution is 4.91. The van der Waals surface area contributed by atoms with E-state index in [4.69, 9.17) is 14.2 Å². The molecule has 3 rings (SSSR count). The third kappa shape index (κ3) is 2.25. The SMILES string of the molecule is C[C@@H]1CCC[C@]2(CC[C@@]3(CCC[C@H](C)O3)O2)O1. The van der Waals surface area contributed by atoms with E-state index in [1.807, 2.05) is 0 Å². The maximum Gasteiger partial charge on any atom is 0.172 e. The van der Waals surface area contributed by atoms with Gasteiger partial charge in [0.2, 0.25) is 0 Å². The van der Waals surface area contributed by atoms with Crippen LogP contribution >= 0.6 is 0 Å². The fraction of sp³-hybridized carbons (Fsp3) is 1.00. The molecule has 3 saturated heterocycles. The van der Waals surface area contributed by atoms with Gasteiger partial charge in [0, 0.05) is 25.7 Å². The summed E-state index contributed by atoms with van der Waals surface area (Å²) in [7, 11) is 0. The molecule has 0 amide bonds. The minimum Gasteiger partial charge on any atom is -0.347 e. The first kappa shape index (κ1) is 11.9. The first-order chi connectivity index (χ1) is 8.12. The summed E-state index contributed by atoms with van der Waals surface area (Å²) in [5, 5.41) is 0. The molecule has 0 bridgehead atoms. The molecule has 3 nitrogen and oxygen atoms in total. The Labute approximate surface area is 104 Å². The molecule has 3 heteroatoms. The van der Waals surface area contributed by atoms with Gasteiger partial charge in [-0.2, -0.15) is 0 Å². The fourth-order valence-electron chi connectivity index (χ4n) is 3.63. The van der Waals surface area contributed by atoms with Gasteiger partial charge in [-0.05, 0) is 39.5 Å². The molecule has 0 aromatic rings. The standard InChI is InChI=1S/C14H24O3/c1-11-5-3-7-13(15-11)9-10-14(17-13)8-4-6-12(2)16-14/h11-12H,3-10H2,1-2H3/t11-,12+,13+,14-. The van der Waals surface area contributed by atoms with E-state index in [1.165, 1.54) is 12.8 Å². The molecule has 3 aliphatic heterocycles. The quantitative estimate of drug-likeness (QED) is 0.649. The van der Waals surface area contributed by atoms with Gasteiger partial charge in [-0.15, -0.1) is 0 Å². The summed E-state index contributed by atoms with van der Waals surface area (Å²) < 4.78 is 18.5. The van der Waals surface area contributed by atoms with Crippen LogP contribution in [0.25, 0.3) is 0 Å². The fourth-order valence-corrected chi connectivity index (χ4v) is 3.63. The number of rotatable bonds is 0. The second-order valence-electron chi connectivity index (χ2n) is 6.06. The summed E-state index contributed by atoms with van der Waals surface area (Å²) in [5.74, 6) is -0.649. The number of hydrogen-bond donors (Lipinski definition) is 0. The summed E-state index contributed by atoms with van der Waals surface area (Å²) in [5.41, 5.74) is 0. The Morgan fingerprint density at radius 1 is 0.765 bits per heavy atom. The first-order valence-corrected chi connectivity index (χ1v) is 7.17. The summed E-state index contributed by atoms with van der Waals surface area (Å²) in [6.07, 6.45) is 9.51. The molecule has 2 spiro atoms. The highest BCUT2D eigenvalue weighted by Gasteiger charge is 2.53. The molecule has 0 aromatic heterocycles. The van der Waals surface area contributed by atoms with Crippen molar-refractivity contribution in [2.75, 3.05) is 0 Å².